The van der Waals surface area contributed by atoms with Gasteiger partial charge in [0.05, 0.1) is 5.92 Å². The second kappa shape index (κ2) is 11.5. The third kappa shape index (κ3) is 6.22. The summed E-state index contributed by atoms with van der Waals surface area (Å²) in [5.74, 6) is -1.87. The van der Waals surface area contributed by atoms with Gasteiger partial charge >= 0.3 is 5.97 Å². The summed E-state index contributed by atoms with van der Waals surface area (Å²) >= 11 is 0. The summed E-state index contributed by atoms with van der Waals surface area (Å²) in [5.41, 5.74) is 10.2. The minimum Gasteiger partial charge on any atom is -0.481 e. The molecule has 0 aliphatic carbocycles. The Morgan fingerprint density at radius 3 is 2.41 bits per heavy atom. The van der Waals surface area contributed by atoms with Gasteiger partial charge in [0.1, 0.15) is 0 Å². The number of rotatable bonds is 10. The average molecular weight is 495 g/mol. The number of carbonyl (C=O) groups is 3. The summed E-state index contributed by atoms with van der Waals surface area (Å²) in [4.78, 5) is 36.2. The highest BCUT2D eigenvalue weighted by molar-refractivity contribution is 5.99. The number of carbonyl (C=O) groups excluding carboxylic acids is 2. The molecular formula is C31H30N2O4. The summed E-state index contributed by atoms with van der Waals surface area (Å²) in [7, 11) is 0. The first-order chi connectivity index (χ1) is 17.8. The molecule has 4 aromatic carbocycles. The van der Waals surface area contributed by atoms with Crippen molar-refractivity contribution in [2.24, 2.45) is 5.73 Å². The van der Waals surface area contributed by atoms with Crippen LogP contribution in [0.5, 0.6) is 0 Å². The van der Waals surface area contributed by atoms with Gasteiger partial charge in [0.15, 0.2) is 0 Å². The molecule has 0 saturated heterocycles. The highest BCUT2D eigenvalue weighted by Gasteiger charge is 2.19. The van der Waals surface area contributed by atoms with Crippen molar-refractivity contribution in [2.75, 3.05) is 5.32 Å². The van der Waals surface area contributed by atoms with Crippen molar-refractivity contribution in [1.82, 2.24) is 0 Å². The fourth-order valence-corrected chi connectivity index (χ4v) is 4.64. The van der Waals surface area contributed by atoms with Crippen LogP contribution in [0.15, 0.2) is 84.9 Å². The van der Waals surface area contributed by atoms with Gasteiger partial charge in [-0.3, -0.25) is 14.4 Å². The molecule has 4 N–H and O–H groups in total. The van der Waals surface area contributed by atoms with Gasteiger partial charge in [-0.15, -0.1) is 0 Å². The normalized spacial score (nSPS) is 11.7. The van der Waals surface area contributed by atoms with Gasteiger partial charge in [0.2, 0.25) is 11.8 Å². The zero-order chi connectivity index (χ0) is 26.4. The average Bonchev–Trinajstić information content (AvgIpc) is 2.89. The summed E-state index contributed by atoms with van der Waals surface area (Å²) in [6, 6.07) is 27.1. The molecule has 6 nitrogen and oxygen atoms in total. The quantitative estimate of drug-likeness (QED) is 0.263. The Morgan fingerprint density at radius 1 is 0.892 bits per heavy atom. The molecule has 0 heterocycles. The van der Waals surface area contributed by atoms with Crippen molar-refractivity contribution in [1.29, 1.82) is 0 Å². The van der Waals surface area contributed by atoms with Crippen LogP contribution in [0.1, 0.15) is 58.3 Å². The van der Waals surface area contributed by atoms with Crippen LogP contribution in [-0.4, -0.2) is 22.9 Å². The number of carboxylic acids is 1. The monoisotopic (exact) mass is 494 g/mol. The van der Waals surface area contributed by atoms with Crippen LogP contribution in [0.25, 0.3) is 10.8 Å². The van der Waals surface area contributed by atoms with Crippen molar-refractivity contribution < 1.29 is 19.5 Å². The molecule has 1 unspecified atom stereocenters. The van der Waals surface area contributed by atoms with Crippen LogP contribution < -0.4 is 11.1 Å². The first-order valence-corrected chi connectivity index (χ1v) is 12.3. The number of nitrogens with one attached hydrogen (secondary N) is 1. The lowest BCUT2D eigenvalue weighted by Crippen LogP contribution is -2.20. The smallest absolute Gasteiger partial charge is 0.303 e. The van der Waals surface area contributed by atoms with Crippen LogP contribution in [0.4, 0.5) is 5.69 Å². The van der Waals surface area contributed by atoms with E-state index in [9.17, 15) is 14.4 Å². The second-order valence-corrected chi connectivity index (χ2v) is 9.22. The lowest BCUT2D eigenvalue weighted by Gasteiger charge is -2.17. The number of aliphatic carboxylic acids is 1. The van der Waals surface area contributed by atoms with Gasteiger partial charge in [0.25, 0.3) is 0 Å². The van der Waals surface area contributed by atoms with Crippen molar-refractivity contribution in [2.45, 2.75) is 38.5 Å². The second-order valence-electron chi connectivity index (χ2n) is 9.22. The number of fused-ring (bicyclic) bond motifs is 1. The molecule has 0 saturated carbocycles. The number of carboxylic acid groups (broad SMARTS) is 1. The summed E-state index contributed by atoms with van der Waals surface area (Å²) < 4.78 is 0. The largest absolute Gasteiger partial charge is 0.481 e. The van der Waals surface area contributed by atoms with E-state index < -0.39 is 11.9 Å². The molecule has 0 aliphatic rings. The third-order valence-corrected chi connectivity index (χ3v) is 6.63. The molecule has 188 valence electrons. The van der Waals surface area contributed by atoms with E-state index in [1.807, 2.05) is 85.8 Å². The lowest BCUT2D eigenvalue weighted by atomic mass is 9.93. The highest BCUT2D eigenvalue weighted by Crippen LogP contribution is 2.28. The van der Waals surface area contributed by atoms with Gasteiger partial charge in [-0.2, -0.15) is 0 Å². The van der Waals surface area contributed by atoms with E-state index in [-0.39, 0.29) is 18.2 Å². The van der Waals surface area contributed by atoms with Gasteiger partial charge in [0, 0.05) is 17.7 Å². The predicted octanol–water partition coefficient (Wildman–Crippen LogP) is 5.68. The standard InChI is InChI=1S/C31H30N2O4/c1-20(25-13-6-10-22-8-2-4-12-26(22)25)31(37)33-28-14-5-3-9-24(28)18-21-16-17-23(11-7-15-29(34)35)27(19-21)30(32)36/h2-6,8-10,12-14,16-17,19-20H,7,11,15,18H2,1H3,(H2,32,36)(H,33,37)(H,34,35). The van der Waals surface area contributed by atoms with Crippen molar-refractivity contribution in [3.63, 3.8) is 0 Å². The van der Waals surface area contributed by atoms with Crippen molar-refractivity contribution in [3.8, 4) is 0 Å². The Kier molecular flexibility index (Phi) is 7.98. The van der Waals surface area contributed by atoms with E-state index in [0.29, 0.717) is 30.5 Å². The maximum Gasteiger partial charge on any atom is 0.303 e. The molecule has 1 atom stereocenters. The first-order valence-electron chi connectivity index (χ1n) is 12.3. The Balaban J connectivity index is 1.53. The molecule has 6 heteroatoms. The van der Waals surface area contributed by atoms with Crippen LogP contribution in [-0.2, 0) is 22.4 Å². The van der Waals surface area contributed by atoms with Crippen molar-refractivity contribution >= 4 is 34.2 Å². The molecule has 37 heavy (non-hydrogen) atoms. The number of hydrogen-bond donors (Lipinski definition) is 3. The Bertz CT molecular complexity index is 1460. The van der Waals surface area contributed by atoms with Gasteiger partial charge in [-0.05, 0) is 71.3 Å². The molecule has 0 radical (unpaired) electrons. The Hall–Kier alpha value is -4.45. The number of hydrogen-bond acceptors (Lipinski definition) is 3. The minimum atomic E-state index is -0.870. The number of benzene rings is 4. The van der Waals surface area contributed by atoms with Gasteiger partial charge in [-0.1, -0.05) is 72.8 Å². The molecule has 0 bridgehead atoms. The summed E-state index contributed by atoms with van der Waals surface area (Å²) in [5, 5.41) is 14.1. The fourth-order valence-electron chi connectivity index (χ4n) is 4.64. The van der Waals surface area contributed by atoms with Gasteiger partial charge < -0.3 is 16.2 Å². The first kappa shape index (κ1) is 25.6. The SMILES string of the molecule is CC(C(=O)Nc1ccccc1Cc1ccc(CCCC(=O)O)c(C(N)=O)c1)c1cccc2ccccc12. The highest BCUT2D eigenvalue weighted by atomic mass is 16.4. The molecule has 0 aromatic heterocycles. The molecule has 4 rings (SSSR count). The van der Waals surface area contributed by atoms with E-state index in [2.05, 4.69) is 5.32 Å². The lowest BCUT2D eigenvalue weighted by molar-refractivity contribution is -0.137. The summed E-state index contributed by atoms with van der Waals surface area (Å²) in [6.07, 6.45) is 1.42. The maximum absolute atomic E-state index is 13.3. The number of primary amides is 1. The van der Waals surface area contributed by atoms with E-state index >= 15 is 0 Å². The predicted molar refractivity (Wildman–Crippen MR) is 146 cm³/mol. The summed E-state index contributed by atoms with van der Waals surface area (Å²) in [6.45, 7) is 1.90. The van der Waals surface area contributed by atoms with Crippen LogP contribution >= 0.6 is 0 Å². The van der Waals surface area contributed by atoms with E-state index in [1.54, 1.807) is 6.07 Å². The molecule has 0 aliphatic heterocycles. The fraction of sp³-hybridized carbons (Fsp3) is 0.194. The van der Waals surface area contributed by atoms with Crippen LogP contribution in [0.2, 0.25) is 0 Å². The topological polar surface area (TPSA) is 109 Å². The molecular weight excluding hydrogens is 464 g/mol. The van der Waals surface area contributed by atoms with Gasteiger partial charge in [-0.25, -0.2) is 0 Å². The molecule has 0 spiro atoms. The van der Waals surface area contributed by atoms with Crippen LogP contribution in [0.3, 0.4) is 0 Å². The zero-order valence-corrected chi connectivity index (χ0v) is 20.7. The number of anilines is 1. The Labute approximate surface area is 216 Å². The number of nitrogens with two attached hydrogens (primary N) is 1. The zero-order valence-electron chi connectivity index (χ0n) is 20.7. The maximum atomic E-state index is 13.3. The minimum absolute atomic E-state index is 0.0320. The van der Waals surface area contributed by atoms with E-state index in [0.717, 1.165) is 33.0 Å². The number of amides is 2. The third-order valence-electron chi connectivity index (χ3n) is 6.63. The number of para-hydroxylation sites is 1. The molecule has 0 fully saturated rings. The van der Waals surface area contributed by atoms with E-state index in [1.165, 1.54) is 0 Å². The van der Waals surface area contributed by atoms with E-state index in [4.69, 9.17) is 10.8 Å². The van der Waals surface area contributed by atoms with Crippen molar-refractivity contribution in [3.05, 3.63) is 113 Å². The molecule has 4 aromatic rings. The Morgan fingerprint density at radius 2 is 1.62 bits per heavy atom. The number of aryl methyl sites for hydroxylation is 1. The van der Waals surface area contributed by atoms with Crippen LogP contribution in [0, 0.1) is 0 Å². The molecule has 2 amide bonds.